The zero-order chi connectivity index (χ0) is 11.1. The van der Waals surface area contributed by atoms with Gasteiger partial charge in [-0.25, -0.2) is 0 Å². The molecule has 0 unspecified atom stereocenters. The molecule has 1 heterocycles. The van der Waals surface area contributed by atoms with Crippen LogP contribution in [0.2, 0.25) is 0 Å². The molecule has 3 heteroatoms. The lowest BCUT2D eigenvalue weighted by molar-refractivity contribution is -0.147. The van der Waals surface area contributed by atoms with Crippen molar-refractivity contribution in [1.29, 1.82) is 0 Å². The topological polar surface area (TPSA) is 37.4 Å². The largest absolute Gasteiger partial charge is 0.274 e. The highest BCUT2D eigenvalue weighted by atomic mass is 16.2. The third-order valence-electron chi connectivity index (χ3n) is 2.66. The first-order valence-electron chi connectivity index (χ1n) is 4.95. The van der Waals surface area contributed by atoms with Crippen molar-refractivity contribution in [2.75, 3.05) is 0 Å². The van der Waals surface area contributed by atoms with Crippen LogP contribution in [0.5, 0.6) is 0 Å². The van der Waals surface area contributed by atoms with Crippen LogP contribution in [-0.4, -0.2) is 22.3 Å². The lowest BCUT2D eigenvalue weighted by atomic mass is 9.87. The normalized spacial score (nSPS) is 18.5. The lowest BCUT2D eigenvalue weighted by Crippen LogP contribution is -2.62. The van der Waals surface area contributed by atoms with E-state index in [9.17, 15) is 9.59 Å². The molecule has 0 spiro atoms. The summed E-state index contributed by atoms with van der Waals surface area (Å²) in [5, 5.41) is 0. The molecular formula is C12H13NO2. The summed E-state index contributed by atoms with van der Waals surface area (Å²) in [6, 6.07) is 8.89. The van der Waals surface area contributed by atoms with Gasteiger partial charge in [0.2, 0.25) is 5.91 Å². The predicted octanol–water partition coefficient (Wildman–Crippen LogP) is 1.84. The van der Waals surface area contributed by atoms with E-state index in [4.69, 9.17) is 0 Å². The van der Waals surface area contributed by atoms with E-state index in [1.807, 2.05) is 19.9 Å². The van der Waals surface area contributed by atoms with Crippen molar-refractivity contribution in [1.82, 2.24) is 4.90 Å². The van der Waals surface area contributed by atoms with Crippen molar-refractivity contribution in [2.45, 2.75) is 25.8 Å². The van der Waals surface area contributed by atoms with Crippen LogP contribution in [0.3, 0.4) is 0 Å². The first-order valence-corrected chi connectivity index (χ1v) is 4.95. The van der Waals surface area contributed by atoms with Gasteiger partial charge in [0.05, 0.1) is 12.0 Å². The van der Waals surface area contributed by atoms with E-state index in [2.05, 4.69) is 0 Å². The molecule has 15 heavy (non-hydrogen) atoms. The highest BCUT2D eigenvalue weighted by Gasteiger charge is 2.47. The van der Waals surface area contributed by atoms with Gasteiger partial charge in [-0.2, -0.15) is 0 Å². The number of hydrogen-bond acceptors (Lipinski definition) is 2. The maximum atomic E-state index is 12.0. The third-order valence-corrected chi connectivity index (χ3v) is 2.66. The number of rotatable bonds is 1. The maximum Gasteiger partial charge on any atom is 0.260 e. The summed E-state index contributed by atoms with van der Waals surface area (Å²) >= 11 is 0. The van der Waals surface area contributed by atoms with Crippen LogP contribution in [0.25, 0.3) is 0 Å². The standard InChI is InChI=1S/C12H13NO2/c1-12(2)8-10(14)13(12)11(15)9-6-4-3-5-7-9/h3-7H,8H2,1-2H3. The number of carbonyl (C=O) groups excluding carboxylic acids is 2. The molecular weight excluding hydrogens is 190 g/mol. The molecule has 1 aliphatic heterocycles. The fourth-order valence-electron chi connectivity index (χ4n) is 1.87. The Balaban J connectivity index is 2.26. The molecule has 1 aromatic carbocycles. The number of β-lactam (4-membered cyclic amide) rings is 1. The fourth-order valence-corrected chi connectivity index (χ4v) is 1.87. The summed E-state index contributed by atoms with van der Waals surface area (Å²) in [7, 11) is 0. The molecule has 3 nitrogen and oxygen atoms in total. The number of amides is 2. The highest BCUT2D eigenvalue weighted by Crippen LogP contribution is 2.32. The zero-order valence-electron chi connectivity index (χ0n) is 8.86. The van der Waals surface area contributed by atoms with Crippen molar-refractivity contribution >= 4 is 11.8 Å². The maximum absolute atomic E-state index is 12.0. The second-order valence-corrected chi connectivity index (χ2v) is 4.39. The number of benzene rings is 1. The van der Waals surface area contributed by atoms with Crippen LogP contribution in [0, 0.1) is 0 Å². The molecule has 0 atom stereocenters. The molecule has 2 rings (SSSR count). The SMILES string of the molecule is CC1(C)CC(=O)N1C(=O)c1ccccc1. The molecule has 1 saturated heterocycles. The Kier molecular flexibility index (Phi) is 2.11. The van der Waals surface area contributed by atoms with E-state index in [1.54, 1.807) is 24.3 Å². The molecule has 2 amide bonds. The van der Waals surface area contributed by atoms with Crippen molar-refractivity contribution in [3.8, 4) is 0 Å². The van der Waals surface area contributed by atoms with Gasteiger partial charge in [0.1, 0.15) is 0 Å². The van der Waals surface area contributed by atoms with Crippen molar-refractivity contribution in [3.05, 3.63) is 35.9 Å². The summed E-state index contributed by atoms with van der Waals surface area (Å²) in [5.41, 5.74) is 0.239. The molecule has 1 aromatic rings. The number of nitrogens with zero attached hydrogens (tertiary/aromatic N) is 1. The second kappa shape index (κ2) is 3.19. The van der Waals surface area contributed by atoms with Gasteiger partial charge >= 0.3 is 0 Å². The van der Waals surface area contributed by atoms with E-state index < -0.39 is 0 Å². The van der Waals surface area contributed by atoms with Crippen LogP contribution in [0.4, 0.5) is 0 Å². The summed E-state index contributed by atoms with van der Waals surface area (Å²) in [6.07, 6.45) is 0.450. The minimum Gasteiger partial charge on any atom is -0.274 e. The van der Waals surface area contributed by atoms with Crippen LogP contribution in [-0.2, 0) is 4.79 Å². The van der Waals surface area contributed by atoms with Crippen LogP contribution >= 0.6 is 0 Å². The van der Waals surface area contributed by atoms with E-state index >= 15 is 0 Å². The van der Waals surface area contributed by atoms with Gasteiger partial charge in [-0.15, -0.1) is 0 Å². The van der Waals surface area contributed by atoms with Gasteiger partial charge in [0.25, 0.3) is 5.91 Å². The first-order chi connectivity index (χ1) is 7.02. The van der Waals surface area contributed by atoms with Gasteiger partial charge in [-0.3, -0.25) is 14.5 Å². The molecule has 1 fully saturated rings. The number of imide groups is 1. The first kappa shape index (κ1) is 9.90. The van der Waals surface area contributed by atoms with Crippen molar-refractivity contribution < 1.29 is 9.59 Å². The predicted molar refractivity (Wildman–Crippen MR) is 56.3 cm³/mol. The average molecular weight is 203 g/mol. The Labute approximate surface area is 88.7 Å². The zero-order valence-corrected chi connectivity index (χ0v) is 8.86. The highest BCUT2D eigenvalue weighted by molar-refractivity contribution is 6.08. The fraction of sp³-hybridized carbons (Fsp3) is 0.333. The summed E-state index contributed by atoms with van der Waals surface area (Å²) in [6.45, 7) is 3.80. The molecule has 0 radical (unpaired) electrons. The Morgan fingerprint density at radius 3 is 2.33 bits per heavy atom. The quantitative estimate of drug-likeness (QED) is 0.516. The molecule has 0 saturated carbocycles. The third kappa shape index (κ3) is 1.54. The van der Waals surface area contributed by atoms with Gasteiger partial charge in [-0.1, -0.05) is 18.2 Å². The minimum absolute atomic E-state index is 0.0890. The number of likely N-dealkylation sites (tertiary alicyclic amines) is 1. The van der Waals surface area contributed by atoms with Gasteiger partial charge in [-0.05, 0) is 26.0 Å². The van der Waals surface area contributed by atoms with Gasteiger partial charge in [0, 0.05) is 5.56 Å². The molecule has 0 aromatic heterocycles. The van der Waals surface area contributed by atoms with Gasteiger partial charge in [0.15, 0.2) is 0 Å². The Hall–Kier alpha value is -1.64. The summed E-state index contributed by atoms with van der Waals surface area (Å²) in [4.78, 5) is 24.7. The molecule has 0 bridgehead atoms. The second-order valence-electron chi connectivity index (χ2n) is 4.39. The van der Waals surface area contributed by atoms with Crippen molar-refractivity contribution in [3.63, 3.8) is 0 Å². The summed E-state index contributed by atoms with van der Waals surface area (Å²) < 4.78 is 0. The Morgan fingerprint density at radius 1 is 1.27 bits per heavy atom. The molecule has 1 aliphatic rings. The number of carbonyl (C=O) groups is 2. The van der Waals surface area contributed by atoms with Crippen LogP contribution in [0.1, 0.15) is 30.6 Å². The van der Waals surface area contributed by atoms with E-state index in [0.717, 1.165) is 0 Å². The van der Waals surface area contributed by atoms with Gasteiger partial charge < -0.3 is 0 Å². The molecule has 78 valence electrons. The number of hydrogen-bond donors (Lipinski definition) is 0. The Morgan fingerprint density at radius 2 is 1.87 bits per heavy atom. The molecule has 0 aliphatic carbocycles. The molecule has 0 N–H and O–H groups in total. The van der Waals surface area contributed by atoms with E-state index in [-0.39, 0.29) is 17.4 Å². The van der Waals surface area contributed by atoms with Crippen LogP contribution < -0.4 is 0 Å². The van der Waals surface area contributed by atoms with E-state index in [1.165, 1.54) is 4.90 Å². The van der Waals surface area contributed by atoms with Crippen molar-refractivity contribution in [2.24, 2.45) is 0 Å². The Bertz CT molecular complexity index is 409. The minimum atomic E-state index is -0.329. The smallest absolute Gasteiger partial charge is 0.260 e. The monoisotopic (exact) mass is 203 g/mol. The average Bonchev–Trinajstić information content (AvgIpc) is 2.17. The van der Waals surface area contributed by atoms with E-state index in [0.29, 0.717) is 12.0 Å². The van der Waals surface area contributed by atoms with Crippen LogP contribution in [0.15, 0.2) is 30.3 Å². The summed E-state index contributed by atoms with van der Waals surface area (Å²) in [5.74, 6) is -0.286. The lowest BCUT2D eigenvalue weighted by Gasteiger charge is -2.45.